The maximum absolute atomic E-state index is 11.9. The number of hydrogen-bond acceptors (Lipinski definition) is 5. The van der Waals surface area contributed by atoms with Crippen LogP contribution >= 0.6 is 0 Å². The van der Waals surface area contributed by atoms with Gasteiger partial charge in [-0.05, 0) is 58.2 Å². The number of allylic oxidation sites excluding steroid dienone is 1. The minimum Gasteiger partial charge on any atom is -0.467 e. The number of rotatable bonds is 10. The molecule has 0 heterocycles. The molecule has 0 aromatic carbocycles. The van der Waals surface area contributed by atoms with E-state index in [0.29, 0.717) is 6.42 Å². The number of amides is 1. The number of hydrogen-bond donors (Lipinski definition) is 1. The predicted molar refractivity (Wildman–Crippen MR) is 120 cm³/mol. The summed E-state index contributed by atoms with van der Waals surface area (Å²) in [6.07, 6.45) is 6.99. The Balaban J connectivity index is 4.69. The maximum atomic E-state index is 11.9. The van der Waals surface area contributed by atoms with Gasteiger partial charge in [0.15, 0.2) is 8.32 Å². The molecule has 0 aliphatic heterocycles. The number of ether oxygens (including phenoxy) is 2. The highest BCUT2D eigenvalue weighted by Crippen LogP contribution is 2.37. The summed E-state index contributed by atoms with van der Waals surface area (Å²) in [4.78, 5) is 23.9. The van der Waals surface area contributed by atoms with Gasteiger partial charge in [0.1, 0.15) is 11.6 Å². The molecule has 0 bridgehead atoms. The molecule has 0 rings (SSSR count). The van der Waals surface area contributed by atoms with Gasteiger partial charge in [-0.15, -0.1) is 6.58 Å². The Morgan fingerprint density at radius 2 is 1.69 bits per heavy atom. The van der Waals surface area contributed by atoms with Crippen LogP contribution in [0.15, 0.2) is 24.8 Å². The number of carbonyl (C=O) groups excluding carboxylic acids is 2. The molecule has 0 aliphatic carbocycles. The molecule has 0 fully saturated rings. The van der Waals surface area contributed by atoms with Crippen molar-refractivity contribution in [2.24, 2.45) is 0 Å². The zero-order chi connectivity index (χ0) is 22.9. The van der Waals surface area contributed by atoms with E-state index in [0.717, 1.165) is 12.8 Å². The monoisotopic (exact) mass is 427 g/mol. The van der Waals surface area contributed by atoms with Gasteiger partial charge in [0.2, 0.25) is 0 Å². The van der Waals surface area contributed by atoms with Crippen LogP contribution in [-0.2, 0) is 18.7 Å². The second-order valence-electron chi connectivity index (χ2n) is 9.66. The van der Waals surface area contributed by atoms with Crippen LogP contribution in [0, 0.1) is 0 Å². The smallest absolute Gasteiger partial charge is 0.408 e. The van der Waals surface area contributed by atoms with Crippen molar-refractivity contribution in [3.63, 3.8) is 0 Å². The lowest BCUT2D eigenvalue weighted by Crippen LogP contribution is -2.43. The summed E-state index contributed by atoms with van der Waals surface area (Å²) < 4.78 is 16.3. The van der Waals surface area contributed by atoms with Crippen LogP contribution < -0.4 is 5.32 Å². The highest BCUT2D eigenvalue weighted by Gasteiger charge is 2.38. The molecule has 0 aromatic heterocycles. The van der Waals surface area contributed by atoms with Crippen molar-refractivity contribution in [2.45, 2.75) is 96.7 Å². The summed E-state index contributed by atoms with van der Waals surface area (Å²) >= 11 is 0. The molecule has 0 radical (unpaired) electrons. The summed E-state index contributed by atoms with van der Waals surface area (Å²) in [6, 6.07) is -0.787. The van der Waals surface area contributed by atoms with E-state index in [1.54, 1.807) is 20.8 Å². The summed E-state index contributed by atoms with van der Waals surface area (Å²) in [5.41, 5.74) is -0.634. The molecule has 1 unspecified atom stereocenters. The molecular formula is C22H41NO5Si. The second-order valence-corrected chi connectivity index (χ2v) is 14.4. The lowest BCUT2D eigenvalue weighted by atomic mass is 10.1. The fourth-order valence-electron chi connectivity index (χ4n) is 2.20. The number of nitrogens with one attached hydrogen (secondary N) is 1. The summed E-state index contributed by atoms with van der Waals surface area (Å²) in [7, 11) is -0.557. The van der Waals surface area contributed by atoms with Gasteiger partial charge in [0, 0.05) is 0 Å². The van der Waals surface area contributed by atoms with Crippen molar-refractivity contribution >= 4 is 20.4 Å². The van der Waals surface area contributed by atoms with Gasteiger partial charge >= 0.3 is 12.1 Å². The van der Waals surface area contributed by atoms with Crippen LogP contribution in [0.4, 0.5) is 4.79 Å². The van der Waals surface area contributed by atoms with Crippen molar-refractivity contribution in [2.75, 3.05) is 7.11 Å². The van der Waals surface area contributed by atoms with Crippen molar-refractivity contribution in [1.29, 1.82) is 0 Å². The lowest BCUT2D eigenvalue weighted by Gasteiger charge is -2.38. The molecule has 1 N–H and O–H groups in total. The van der Waals surface area contributed by atoms with E-state index in [1.807, 2.05) is 18.2 Å². The summed E-state index contributed by atoms with van der Waals surface area (Å²) in [6.45, 7) is 20.3. The van der Waals surface area contributed by atoms with E-state index in [1.165, 1.54) is 7.11 Å². The zero-order valence-corrected chi connectivity index (χ0v) is 20.8. The van der Waals surface area contributed by atoms with E-state index in [9.17, 15) is 9.59 Å². The Hall–Kier alpha value is -1.60. The Bertz CT molecular complexity index is 573. The van der Waals surface area contributed by atoms with Gasteiger partial charge in [0.05, 0.1) is 13.2 Å². The quantitative estimate of drug-likeness (QED) is 0.289. The van der Waals surface area contributed by atoms with E-state index in [2.05, 4.69) is 45.8 Å². The highest BCUT2D eigenvalue weighted by molar-refractivity contribution is 6.74. The molecule has 0 aromatic rings. The number of methoxy groups -OCH3 is 1. The number of alkyl carbamates (subject to hydrolysis) is 1. The molecular weight excluding hydrogens is 386 g/mol. The van der Waals surface area contributed by atoms with E-state index in [-0.39, 0.29) is 11.1 Å². The van der Waals surface area contributed by atoms with Crippen LogP contribution in [0.25, 0.3) is 0 Å². The lowest BCUT2D eigenvalue weighted by molar-refractivity contribution is -0.143. The molecule has 2 atom stereocenters. The Morgan fingerprint density at radius 3 is 2.14 bits per heavy atom. The molecule has 7 heteroatoms. The van der Waals surface area contributed by atoms with Crippen molar-refractivity contribution in [3.05, 3.63) is 24.8 Å². The molecule has 6 nitrogen and oxygen atoms in total. The second kappa shape index (κ2) is 11.5. The first-order valence-electron chi connectivity index (χ1n) is 10.2. The SMILES string of the molecule is C=CC(CC/C=C/C[C@H](NC(=O)OC(C)(C)C)C(=O)OC)O[Si](C)(C)C(C)(C)C. The predicted octanol–water partition coefficient (Wildman–Crippen LogP) is 5.36. The largest absolute Gasteiger partial charge is 0.467 e. The normalized spacial score (nSPS) is 14.9. The fourth-order valence-corrected chi connectivity index (χ4v) is 3.52. The fraction of sp³-hybridized carbons (Fsp3) is 0.727. The van der Waals surface area contributed by atoms with Crippen molar-refractivity contribution in [1.82, 2.24) is 5.32 Å². The first-order chi connectivity index (χ1) is 13.1. The van der Waals surface area contributed by atoms with E-state index >= 15 is 0 Å². The third-order valence-corrected chi connectivity index (χ3v) is 9.35. The number of carbonyl (C=O) groups is 2. The van der Waals surface area contributed by atoms with Crippen LogP contribution in [0.3, 0.4) is 0 Å². The first kappa shape index (κ1) is 27.4. The van der Waals surface area contributed by atoms with E-state index < -0.39 is 32.0 Å². The van der Waals surface area contributed by atoms with Gasteiger partial charge in [-0.2, -0.15) is 0 Å². The molecule has 0 aliphatic rings. The molecule has 0 saturated heterocycles. The first-order valence-corrected chi connectivity index (χ1v) is 13.1. The summed E-state index contributed by atoms with van der Waals surface area (Å²) in [5, 5.41) is 2.70. The molecule has 0 spiro atoms. The van der Waals surface area contributed by atoms with E-state index in [4.69, 9.17) is 13.9 Å². The summed E-state index contributed by atoms with van der Waals surface area (Å²) in [5.74, 6) is -0.509. The van der Waals surface area contributed by atoms with Gasteiger partial charge in [-0.3, -0.25) is 0 Å². The standard InChI is InChI=1S/C22H41NO5Si/c1-11-17(28-29(9,10)22(5,6)7)15-13-12-14-16-18(19(24)26-8)23-20(25)27-21(2,3)4/h11-12,14,17-18H,1,13,15-16H2,2-10H3,(H,23,25)/b14-12+/t17?,18-/m0/s1. The molecule has 29 heavy (non-hydrogen) atoms. The minimum atomic E-state index is -1.85. The van der Waals surface area contributed by atoms with Gasteiger partial charge in [-0.1, -0.05) is 39.0 Å². The average Bonchev–Trinajstić information content (AvgIpc) is 2.55. The molecule has 168 valence electrons. The van der Waals surface area contributed by atoms with Crippen LogP contribution in [-0.4, -0.2) is 45.2 Å². The third kappa shape index (κ3) is 11.2. The molecule has 0 saturated carbocycles. The Kier molecular flexibility index (Phi) is 10.9. The van der Waals surface area contributed by atoms with Crippen LogP contribution in [0.2, 0.25) is 18.1 Å². The zero-order valence-electron chi connectivity index (χ0n) is 19.8. The average molecular weight is 428 g/mol. The third-order valence-electron chi connectivity index (χ3n) is 4.85. The number of esters is 1. The highest BCUT2D eigenvalue weighted by atomic mass is 28.4. The maximum Gasteiger partial charge on any atom is 0.408 e. The molecule has 1 amide bonds. The Morgan fingerprint density at radius 1 is 1.10 bits per heavy atom. The minimum absolute atomic E-state index is 0.00293. The Labute approximate surface area is 178 Å². The van der Waals surface area contributed by atoms with Crippen molar-refractivity contribution in [3.8, 4) is 0 Å². The van der Waals surface area contributed by atoms with Crippen molar-refractivity contribution < 1.29 is 23.5 Å². The van der Waals surface area contributed by atoms with Gasteiger partial charge in [0.25, 0.3) is 0 Å². The van der Waals surface area contributed by atoms with Crippen LogP contribution in [0.1, 0.15) is 60.8 Å². The van der Waals surface area contributed by atoms with Crippen LogP contribution in [0.5, 0.6) is 0 Å². The van der Waals surface area contributed by atoms with Gasteiger partial charge in [-0.25, -0.2) is 9.59 Å². The topological polar surface area (TPSA) is 73.9 Å². The van der Waals surface area contributed by atoms with Gasteiger partial charge < -0.3 is 19.2 Å².